The van der Waals surface area contributed by atoms with Gasteiger partial charge in [-0.2, -0.15) is 0 Å². The molecule has 1 fully saturated rings. The van der Waals surface area contributed by atoms with Gasteiger partial charge >= 0.3 is 6.03 Å². The van der Waals surface area contributed by atoms with Crippen LogP contribution in [0.15, 0.2) is 48.5 Å². The topological polar surface area (TPSA) is 78.5 Å². The number of rotatable bonds is 6. The molecular weight excluding hydrogens is 378 g/mol. The van der Waals surface area contributed by atoms with Crippen LogP contribution >= 0.6 is 11.6 Å². The van der Waals surface area contributed by atoms with Crippen molar-refractivity contribution in [2.75, 3.05) is 11.9 Å². The number of carbonyl (C=O) groups excluding carboxylic acids is 3. The molecule has 4 amide bonds. The molecule has 0 aliphatic carbocycles. The zero-order valence-corrected chi connectivity index (χ0v) is 16.5. The molecule has 1 aliphatic heterocycles. The predicted octanol–water partition coefficient (Wildman–Crippen LogP) is 3.70. The highest BCUT2D eigenvalue weighted by Gasteiger charge is 2.51. The van der Waals surface area contributed by atoms with Crippen LogP contribution in [-0.2, 0) is 21.5 Å². The summed E-state index contributed by atoms with van der Waals surface area (Å²) in [7, 11) is 0. The Labute approximate surface area is 168 Å². The van der Waals surface area contributed by atoms with Gasteiger partial charge in [-0.1, -0.05) is 49.7 Å². The first kappa shape index (κ1) is 19.9. The van der Waals surface area contributed by atoms with Gasteiger partial charge in [0, 0.05) is 10.7 Å². The van der Waals surface area contributed by atoms with Crippen LogP contribution in [0.25, 0.3) is 0 Å². The quantitative estimate of drug-likeness (QED) is 0.727. The predicted molar refractivity (Wildman–Crippen MR) is 108 cm³/mol. The number of carbonyl (C=O) groups is 3. The average molecular weight is 400 g/mol. The molecular formula is C21H22ClN3O3. The van der Waals surface area contributed by atoms with Gasteiger partial charge in [-0.05, 0) is 48.2 Å². The fourth-order valence-corrected chi connectivity index (χ4v) is 3.44. The van der Waals surface area contributed by atoms with E-state index in [1.54, 1.807) is 36.4 Å². The first-order chi connectivity index (χ1) is 13.4. The molecule has 0 bridgehead atoms. The number of nitrogens with one attached hydrogen (secondary N) is 2. The lowest BCUT2D eigenvalue weighted by Gasteiger charge is -2.25. The van der Waals surface area contributed by atoms with Crippen molar-refractivity contribution in [3.05, 3.63) is 64.7 Å². The van der Waals surface area contributed by atoms with Gasteiger partial charge in [0.25, 0.3) is 5.91 Å². The maximum atomic E-state index is 13.1. The second-order valence-electron chi connectivity index (χ2n) is 6.69. The van der Waals surface area contributed by atoms with Gasteiger partial charge in [-0.3, -0.25) is 14.5 Å². The smallest absolute Gasteiger partial charge is 0.325 e. The van der Waals surface area contributed by atoms with E-state index in [1.165, 1.54) is 0 Å². The van der Waals surface area contributed by atoms with E-state index in [0.717, 1.165) is 16.9 Å². The molecule has 6 nitrogen and oxygen atoms in total. The monoisotopic (exact) mass is 399 g/mol. The van der Waals surface area contributed by atoms with Gasteiger partial charge in [0.1, 0.15) is 12.1 Å². The number of benzene rings is 2. The molecule has 1 heterocycles. The number of anilines is 1. The maximum absolute atomic E-state index is 13.1. The standard InChI is InChI=1S/C21H22ClN3O3/c1-3-14-5-11-17(12-6-14)23-18(26)13-25-19(27)21(4-2,24-20(25)28)15-7-9-16(22)10-8-15/h5-12H,3-4,13H2,1-2H3,(H,23,26)(H,24,28). The summed E-state index contributed by atoms with van der Waals surface area (Å²) in [4.78, 5) is 38.9. The Kier molecular flexibility index (Phi) is 5.70. The van der Waals surface area contributed by atoms with E-state index in [0.29, 0.717) is 22.7 Å². The van der Waals surface area contributed by atoms with Crippen LogP contribution in [0.1, 0.15) is 31.4 Å². The first-order valence-electron chi connectivity index (χ1n) is 9.18. The first-order valence-corrected chi connectivity index (χ1v) is 9.56. The average Bonchev–Trinajstić information content (AvgIpc) is 2.94. The van der Waals surface area contributed by atoms with Crippen LogP contribution < -0.4 is 10.6 Å². The third-order valence-corrected chi connectivity index (χ3v) is 5.24. The molecule has 7 heteroatoms. The van der Waals surface area contributed by atoms with Crippen molar-refractivity contribution in [3.8, 4) is 0 Å². The van der Waals surface area contributed by atoms with Crippen molar-refractivity contribution in [2.45, 2.75) is 32.2 Å². The summed E-state index contributed by atoms with van der Waals surface area (Å²) in [6.07, 6.45) is 1.26. The second kappa shape index (κ2) is 8.02. The van der Waals surface area contributed by atoms with E-state index in [9.17, 15) is 14.4 Å². The molecule has 1 aliphatic rings. The van der Waals surface area contributed by atoms with Crippen LogP contribution in [0.2, 0.25) is 5.02 Å². The summed E-state index contributed by atoms with van der Waals surface area (Å²) in [6, 6.07) is 13.6. The van der Waals surface area contributed by atoms with Crippen LogP contribution in [0.3, 0.4) is 0 Å². The summed E-state index contributed by atoms with van der Waals surface area (Å²) in [5.41, 5.74) is 1.22. The third kappa shape index (κ3) is 3.73. The van der Waals surface area contributed by atoms with Crippen molar-refractivity contribution >= 4 is 35.1 Å². The minimum absolute atomic E-state index is 0.352. The SMILES string of the molecule is CCc1ccc(NC(=O)CN2C(=O)NC(CC)(c3ccc(Cl)cc3)C2=O)cc1. The number of nitrogens with zero attached hydrogens (tertiary/aromatic N) is 1. The molecule has 1 atom stereocenters. The maximum Gasteiger partial charge on any atom is 0.325 e. The van der Waals surface area contributed by atoms with Crippen molar-refractivity contribution in [1.29, 1.82) is 0 Å². The molecule has 3 rings (SSSR count). The zero-order chi connectivity index (χ0) is 20.3. The number of urea groups is 1. The Morgan fingerprint density at radius 2 is 1.71 bits per heavy atom. The van der Waals surface area contributed by atoms with Gasteiger partial charge in [0.2, 0.25) is 5.91 Å². The summed E-state index contributed by atoms with van der Waals surface area (Å²) in [5.74, 6) is -0.880. The minimum Gasteiger partial charge on any atom is -0.325 e. The Balaban J connectivity index is 1.75. The van der Waals surface area contributed by atoms with Crippen molar-refractivity contribution < 1.29 is 14.4 Å². The molecule has 0 spiro atoms. The molecule has 1 unspecified atom stereocenters. The number of hydrogen-bond acceptors (Lipinski definition) is 3. The fraction of sp³-hybridized carbons (Fsp3) is 0.286. The lowest BCUT2D eigenvalue weighted by molar-refractivity contribution is -0.134. The molecule has 146 valence electrons. The van der Waals surface area contributed by atoms with E-state index >= 15 is 0 Å². The molecule has 28 heavy (non-hydrogen) atoms. The summed E-state index contributed by atoms with van der Waals surface area (Å²) < 4.78 is 0. The van der Waals surface area contributed by atoms with Gasteiger partial charge in [0.05, 0.1) is 0 Å². The minimum atomic E-state index is -1.19. The van der Waals surface area contributed by atoms with Crippen LogP contribution in [-0.4, -0.2) is 29.3 Å². The lowest BCUT2D eigenvalue weighted by Crippen LogP contribution is -2.44. The Bertz CT molecular complexity index is 896. The molecule has 0 radical (unpaired) electrons. The molecule has 0 saturated carbocycles. The van der Waals surface area contributed by atoms with Gasteiger partial charge in [-0.15, -0.1) is 0 Å². The zero-order valence-electron chi connectivity index (χ0n) is 15.8. The molecule has 2 aromatic rings. The van der Waals surface area contributed by atoms with Gasteiger partial charge in [-0.25, -0.2) is 4.79 Å². The number of amides is 4. The Hall–Kier alpha value is -2.86. The number of imide groups is 1. The molecule has 0 aromatic heterocycles. The molecule has 1 saturated heterocycles. The van der Waals surface area contributed by atoms with Gasteiger partial charge < -0.3 is 10.6 Å². The van der Waals surface area contributed by atoms with Crippen LogP contribution in [0.4, 0.5) is 10.5 Å². The highest BCUT2D eigenvalue weighted by molar-refractivity contribution is 6.30. The summed E-state index contributed by atoms with van der Waals surface area (Å²) in [5, 5.41) is 6.01. The highest BCUT2D eigenvalue weighted by atomic mass is 35.5. The van der Waals surface area contributed by atoms with E-state index in [-0.39, 0.29) is 6.54 Å². The van der Waals surface area contributed by atoms with E-state index in [1.807, 2.05) is 26.0 Å². The summed E-state index contributed by atoms with van der Waals surface area (Å²) >= 11 is 5.93. The van der Waals surface area contributed by atoms with E-state index < -0.39 is 23.4 Å². The highest BCUT2D eigenvalue weighted by Crippen LogP contribution is 2.33. The Morgan fingerprint density at radius 3 is 2.29 bits per heavy atom. The van der Waals surface area contributed by atoms with E-state index in [2.05, 4.69) is 10.6 Å². The van der Waals surface area contributed by atoms with Crippen LogP contribution in [0.5, 0.6) is 0 Å². The van der Waals surface area contributed by atoms with Crippen LogP contribution in [0, 0.1) is 0 Å². The molecule has 2 N–H and O–H groups in total. The molecule has 2 aromatic carbocycles. The number of halogens is 1. The van der Waals surface area contributed by atoms with Crippen molar-refractivity contribution in [3.63, 3.8) is 0 Å². The largest absolute Gasteiger partial charge is 0.325 e. The fourth-order valence-electron chi connectivity index (χ4n) is 3.31. The van der Waals surface area contributed by atoms with Crippen molar-refractivity contribution in [2.24, 2.45) is 0 Å². The number of hydrogen-bond donors (Lipinski definition) is 2. The second-order valence-corrected chi connectivity index (χ2v) is 7.12. The number of aryl methyl sites for hydroxylation is 1. The normalized spacial score (nSPS) is 18.9. The summed E-state index contributed by atoms with van der Waals surface area (Å²) in [6.45, 7) is 3.51. The van der Waals surface area contributed by atoms with Crippen molar-refractivity contribution in [1.82, 2.24) is 10.2 Å². The lowest BCUT2D eigenvalue weighted by atomic mass is 9.87. The van der Waals surface area contributed by atoms with Gasteiger partial charge in [0.15, 0.2) is 0 Å². The third-order valence-electron chi connectivity index (χ3n) is 4.99. The Morgan fingerprint density at radius 1 is 1.07 bits per heavy atom. The van der Waals surface area contributed by atoms with E-state index in [4.69, 9.17) is 11.6 Å².